The van der Waals surface area contributed by atoms with Crippen LogP contribution < -0.4 is 0 Å². The van der Waals surface area contributed by atoms with Crippen LogP contribution in [0.5, 0.6) is 0 Å². The van der Waals surface area contributed by atoms with Crippen molar-refractivity contribution >= 4 is 23.3 Å². The second-order valence-electron chi connectivity index (χ2n) is 6.76. The molecular formula is C25H17ClO. The van der Waals surface area contributed by atoms with Crippen LogP contribution in [0.3, 0.4) is 0 Å². The summed E-state index contributed by atoms with van der Waals surface area (Å²) < 4.78 is 5.91. The van der Waals surface area contributed by atoms with Crippen LogP contribution in [-0.2, 0) is 6.42 Å². The maximum Gasteiger partial charge on any atom is 0.137 e. The van der Waals surface area contributed by atoms with E-state index in [1.165, 1.54) is 33.4 Å². The van der Waals surface area contributed by atoms with Crippen molar-refractivity contribution < 1.29 is 4.42 Å². The maximum absolute atomic E-state index is 6.06. The quantitative estimate of drug-likeness (QED) is 0.368. The molecule has 4 aromatic rings. The normalized spacial score (nSPS) is 12.7. The highest BCUT2D eigenvalue weighted by Crippen LogP contribution is 2.40. The largest absolute Gasteiger partial charge is 0.464 e. The van der Waals surface area contributed by atoms with Crippen molar-refractivity contribution in [3.8, 4) is 22.3 Å². The first kappa shape index (κ1) is 16.2. The van der Waals surface area contributed by atoms with Gasteiger partial charge in [-0.3, -0.25) is 0 Å². The van der Waals surface area contributed by atoms with Gasteiger partial charge in [0.1, 0.15) is 5.76 Å². The van der Waals surface area contributed by atoms with Crippen molar-refractivity contribution in [2.45, 2.75) is 6.42 Å². The van der Waals surface area contributed by atoms with Crippen molar-refractivity contribution in [2.75, 3.05) is 0 Å². The summed E-state index contributed by atoms with van der Waals surface area (Å²) in [6.07, 6.45) is 4.93. The lowest BCUT2D eigenvalue weighted by Gasteiger charge is -2.07. The molecule has 1 aliphatic rings. The van der Waals surface area contributed by atoms with Gasteiger partial charge in [0.05, 0.1) is 6.26 Å². The molecule has 2 heteroatoms. The molecule has 0 amide bonds. The zero-order valence-electron chi connectivity index (χ0n) is 14.7. The number of furan rings is 1. The summed E-state index contributed by atoms with van der Waals surface area (Å²) in [6.45, 7) is 0. The summed E-state index contributed by atoms with van der Waals surface area (Å²) in [5, 5.41) is 0.755. The summed E-state index contributed by atoms with van der Waals surface area (Å²) in [6, 6.07) is 27.0. The Bertz CT molecular complexity index is 1130. The van der Waals surface area contributed by atoms with E-state index in [0.29, 0.717) is 0 Å². The van der Waals surface area contributed by atoms with E-state index in [2.05, 4.69) is 66.7 Å². The summed E-state index contributed by atoms with van der Waals surface area (Å²) in [4.78, 5) is 0. The number of rotatable bonds is 3. The summed E-state index contributed by atoms with van der Waals surface area (Å²) in [7, 11) is 0. The first-order valence-corrected chi connectivity index (χ1v) is 9.39. The second-order valence-corrected chi connectivity index (χ2v) is 7.20. The molecule has 0 aliphatic heterocycles. The Morgan fingerprint density at radius 1 is 0.704 bits per heavy atom. The molecule has 5 rings (SSSR count). The van der Waals surface area contributed by atoms with Crippen LogP contribution in [0.1, 0.15) is 16.9 Å². The van der Waals surface area contributed by atoms with E-state index >= 15 is 0 Å². The van der Waals surface area contributed by atoms with Gasteiger partial charge in [-0.2, -0.15) is 0 Å². The SMILES string of the molecule is Clc1ccc(-c2cccc3c2C=C(c2occc2-c2ccccc2)C3)cc1. The van der Waals surface area contributed by atoms with Crippen molar-refractivity contribution in [2.24, 2.45) is 0 Å². The van der Waals surface area contributed by atoms with Crippen LogP contribution in [0.4, 0.5) is 0 Å². The molecule has 0 spiro atoms. The highest BCUT2D eigenvalue weighted by molar-refractivity contribution is 6.30. The van der Waals surface area contributed by atoms with Crippen LogP contribution in [-0.4, -0.2) is 0 Å². The van der Waals surface area contributed by atoms with Crippen LogP contribution in [0.25, 0.3) is 33.9 Å². The topological polar surface area (TPSA) is 13.1 Å². The number of allylic oxidation sites excluding steroid dienone is 1. The van der Waals surface area contributed by atoms with Crippen LogP contribution in [0.2, 0.25) is 5.02 Å². The fourth-order valence-corrected chi connectivity index (χ4v) is 3.92. The molecule has 1 nitrogen and oxygen atoms in total. The first-order chi connectivity index (χ1) is 13.3. The Kier molecular flexibility index (Phi) is 3.95. The van der Waals surface area contributed by atoms with Gasteiger partial charge < -0.3 is 4.42 Å². The predicted octanol–water partition coefficient (Wildman–Crippen LogP) is 7.36. The third kappa shape index (κ3) is 2.90. The first-order valence-electron chi connectivity index (χ1n) is 9.01. The van der Waals surface area contributed by atoms with E-state index < -0.39 is 0 Å². The van der Waals surface area contributed by atoms with E-state index in [4.69, 9.17) is 16.0 Å². The van der Waals surface area contributed by atoms with Gasteiger partial charge in [-0.15, -0.1) is 0 Å². The number of benzene rings is 3. The molecule has 0 atom stereocenters. The van der Waals surface area contributed by atoms with Crippen molar-refractivity contribution in [3.05, 3.63) is 107 Å². The number of hydrogen-bond acceptors (Lipinski definition) is 1. The van der Waals surface area contributed by atoms with E-state index in [1.807, 2.05) is 18.2 Å². The molecule has 0 unspecified atom stereocenters. The molecule has 130 valence electrons. The number of halogens is 1. The Balaban J connectivity index is 1.59. The molecule has 0 radical (unpaired) electrons. The Morgan fingerprint density at radius 2 is 1.48 bits per heavy atom. The number of hydrogen-bond donors (Lipinski definition) is 0. The lowest BCUT2D eigenvalue weighted by Crippen LogP contribution is -1.88. The van der Waals surface area contributed by atoms with Gasteiger partial charge in [0, 0.05) is 22.6 Å². The Labute approximate surface area is 163 Å². The van der Waals surface area contributed by atoms with Crippen LogP contribution >= 0.6 is 11.6 Å². The smallest absolute Gasteiger partial charge is 0.137 e. The van der Waals surface area contributed by atoms with Gasteiger partial charge in [-0.25, -0.2) is 0 Å². The minimum Gasteiger partial charge on any atom is -0.464 e. The van der Waals surface area contributed by atoms with Crippen molar-refractivity contribution in [1.29, 1.82) is 0 Å². The zero-order chi connectivity index (χ0) is 18.2. The van der Waals surface area contributed by atoms with Gasteiger partial charge in [-0.1, -0.05) is 72.3 Å². The molecular weight excluding hydrogens is 352 g/mol. The van der Waals surface area contributed by atoms with Gasteiger partial charge in [0.15, 0.2) is 0 Å². The molecule has 27 heavy (non-hydrogen) atoms. The standard InChI is InChI=1S/C25H17ClO/c26-21-11-9-18(10-12-21)22-8-4-7-19-15-20(16-24(19)22)25-23(13-14-27-25)17-5-2-1-3-6-17/h1-14,16H,15H2. The van der Waals surface area contributed by atoms with Gasteiger partial charge in [-0.05, 0) is 52.1 Å². The van der Waals surface area contributed by atoms with Gasteiger partial charge in [0.25, 0.3) is 0 Å². The molecule has 0 saturated heterocycles. The average Bonchev–Trinajstić information content (AvgIpc) is 3.36. The zero-order valence-corrected chi connectivity index (χ0v) is 15.4. The van der Waals surface area contributed by atoms with E-state index in [0.717, 1.165) is 22.8 Å². The van der Waals surface area contributed by atoms with Gasteiger partial charge in [0.2, 0.25) is 0 Å². The van der Waals surface area contributed by atoms with E-state index in [9.17, 15) is 0 Å². The predicted molar refractivity (Wildman–Crippen MR) is 113 cm³/mol. The Hall–Kier alpha value is -3.03. The van der Waals surface area contributed by atoms with Crippen molar-refractivity contribution in [1.82, 2.24) is 0 Å². The minimum atomic E-state index is 0.755. The third-order valence-electron chi connectivity index (χ3n) is 5.09. The lowest BCUT2D eigenvalue weighted by atomic mass is 9.97. The molecule has 0 bridgehead atoms. The molecule has 1 aromatic heterocycles. The minimum absolute atomic E-state index is 0.755. The van der Waals surface area contributed by atoms with Gasteiger partial charge >= 0.3 is 0 Å². The molecule has 0 N–H and O–H groups in total. The summed E-state index contributed by atoms with van der Waals surface area (Å²) in [5.41, 5.74) is 8.54. The average molecular weight is 369 g/mol. The van der Waals surface area contributed by atoms with Crippen molar-refractivity contribution in [3.63, 3.8) is 0 Å². The Morgan fingerprint density at radius 3 is 2.30 bits per heavy atom. The highest BCUT2D eigenvalue weighted by atomic mass is 35.5. The molecule has 3 aromatic carbocycles. The monoisotopic (exact) mass is 368 g/mol. The number of fused-ring (bicyclic) bond motifs is 1. The fraction of sp³-hybridized carbons (Fsp3) is 0.0400. The van der Waals surface area contributed by atoms with Crippen LogP contribution in [0.15, 0.2) is 89.5 Å². The fourth-order valence-electron chi connectivity index (χ4n) is 3.80. The molecule has 0 saturated carbocycles. The lowest BCUT2D eigenvalue weighted by molar-refractivity contribution is 0.553. The summed E-state index contributed by atoms with van der Waals surface area (Å²) >= 11 is 6.06. The third-order valence-corrected chi connectivity index (χ3v) is 5.34. The molecule has 1 aliphatic carbocycles. The second kappa shape index (κ2) is 6.61. The van der Waals surface area contributed by atoms with E-state index in [1.54, 1.807) is 6.26 Å². The van der Waals surface area contributed by atoms with Crippen LogP contribution in [0, 0.1) is 0 Å². The summed E-state index contributed by atoms with van der Waals surface area (Å²) in [5.74, 6) is 0.958. The molecule has 1 heterocycles. The van der Waals surface area contributed by atoms with E-state index in [-0.39, 0.29) is 0 Å². The highest BCUT2D eigenvalue weighted by Gasteiger charge is 2.22. The maximum atomic E-state index is 6.06. The molecule has 0 fully saturated rings.